The fraction of sp³-hybridized carbons (Fsp3) is 0.333. The van der Waals surface area contributed by atoms with Crippen molar-refractivity contribution in [3.63, 3.8) is 0 Å². The molecule has 12 nitrogen and oxygen atoms in total. The highest BCUT2D eigenvalue weighted by molar-refractivity contribution is 5.82. The van der Waals surface area contributed by atoms with Crippen LogP contribution in [0.5, 0.6) is 5.75 Å². The van der Waals surface area contributed by atoms with Crippen LogP contribution in [0.25, 0.3) is 11.2 Å². The molecule has 4 atom stereocenters. The fourth-order valence-electron chi connectivity index (χ4n) is 3.12. The molecule has 4 rings (SSSR count). The maximum atomic E-state index is 12.4. The molecule has 7 N–H and O–H groups in total. The first-order valence-corrected chi connectivity index (χ1v) is 8.96. The molecule has 30 heavy (non-hydrogen) atoms. The van der Waals surface area contributed by atoms with Crippen molar-refractivity contribution in [3.05, 3.63) is 43.0 Å². The second-order valence-corrected chi connectivity index (χ2v) is 6.46. The average Bonchev–Trinajstić information content (AvgIpc) is 3.28. The number of rotatable bonds is 6. The second-order valence-electron chi connectivity index (χ2n) is 6.46. The lowest BCUT2D eigenvalue weighted by molar-refractivity contribution is -0.137. The molecule has 12 heteroatoms. The summed E-state index contributed by atoms with van der Waals surface area (Å²) in [6.45, 7) is 0.450. The Morgan fingerprint density at radius 3 is 2.73 bits per heavy atom. The number of benzene rings is 1. The van der Waals surface area contributed by atoms with Crippen molar-refractivity contribution in [2.45, 2.75) is 24.5 Å². The van der Waals surface area contributed by atoms with Gasteiger partial charge in [0.25, 0.3) is 5.91 Å². The number of nitrogens with one attached hydrogen (secondary N) is 1. The van der Waals surface area contributed by atoms with Crippen LogP contribution >= 0.6 is 0 Å². The van der Waals surface area contributed by atoms with E-state index >= 15 is 0 Å². The molecule has 1 aliphatic heterocycles. The Bertz CT molecular complexity index is 999. The summed E-state index contributed by atoms with van der Waals surface area (Å²) in [5.74, 6) is 0.298. The number of para-hydroxylation sites is 1. The van der Waals surface area contributed by atoms with Gasteiger partial charge in [-0.25, -0.2) is 15.0 Å². The summed E-state index contributed by atoms with van der Waals surface area (Å²) in [7, 11) is 0. The predicted molar refractivity (Wildman–Crippen MR) is 104 cm³/mol. The van der Waals surface area contributed by atoms with Gasteiger partial charge in [0.2, 0.25) is 0 Å². The van der Waals surface area contributed by atoms with Crippen molar-refractivity contribution in [3.8, 4) is 5.75 Å². The molecule has 1 amide bonds. The number of nitrogens with zero attached hydrogens (tertiary/aromatic N) is 4. The van der Waals surface area contributed by atoms with Crippen LogP contribution in [0.15, 0.2) is 43.0 Å². The third-order valence-electron chi connectivity index (χ3n) is 4.57. The van der Waals surface area contributed by atoms with Gasteiger partial charge in [0.15, 0.2) is 23.8 Å². The third-order valence-corrected chi connectivity index (χ3v) is 4.57. The van der Waals surface area contributed by atoms with Gasteiger partial charge < -0.3 is 36.2 Å². The van der Waals surface area contributed by atoms with Gasteiger partial charge in [-0.2, -0.15) is 0 Å². The van der Waals surface area contributed by atoms with E-state index in [1.54, 1.807) is 12.1 Å². The zero-order valence-corrected chi connectivity index (χ0v) is 15.8. The molecule has 0 aliphatic carbocycles. The molecule has 1 aromatic carbocycles. The number of amides is 1. The second kappa shape index (κ2) is 9.00. The molecule has 0 bridgehead atoms. The minimum Gasteiger partial charge on any atom is -0.492 e. The predicted octanol–water partition coefficient (Wildman–Crippen LogP) is -1.60. The molecule has 1 aliphatic rings. The zero-order chi connectivity index (χ0) is 20.4. The maximum absolute atomic E-state index is 12.4. The number of carbonyl (C=O) groups is 1. The van der Waals surface area contributed by atoms with Crippen molar-refractivity contribution in [1.82, 2.24) is 24.8 Å². The van der Waals surface area contributed by atoms with Crippen molar-refractivity contribution in [2.24, 2.45) is 0 Å². The van der Waals surface area contributed by atoms with Crippen molar-refractivity contribution < 1.29 is 30.0 Å². The third kappa shape index (κ3) is 4.02. The highest BCUT2D eigenvalue weighted by Crippen LogP contribution is 2.32. The summed E-state index contributed by atoms with van der Waals surface area (Å²) in [5, 5.41) is 23.3. The van der Waals surface area contributed by atoms with Gasteiger partial charge in [-0.15, -0.1) is 0 Å². The standard InChI is InChI=1S/C18H20N6O5.H2O/c19-15-11-16(22-8-21-15)24(9-23-11)18-13(26)12(25)14(29-18)17(27)20-6-7-28-10-4-2-1-3-5-10;/h1-5,8-9,12-14,18,25-26H,6-7H2,(H,20,27)(H2,19,21,22);1H2/t12-,13+,14-,18?;/m0./s1. The summed E-state index contributed by atoms with van der Waals surface area (Å²) in [6.07, 6.45) is -2.48. The van der Waals surface area contributed by atoms with Crippen molar-refractivity contribution >= 4 is 22.9 Å². The topological polar surface area (TPSA) is 189 Å². The Hall–Kier alpha value is -3.32. The van der Waals surface area contributed by atoms with Gasteiger partial charge in [0.1, 0.15) is 36.4 Å². The number of hydrogen-bond donors (Lipinski definition) is 4. The highest BCUT2D eigenvalue weighted by atomic mass is 16.6. The summed E-state index contributed by atoms with van der Waals surface area (Å²) in [5.41, 5.74) is 6.42. The van der Waals surface area contributed by atoms with Crippen LogP contribution in [0.2, 0.25) is 0 Å². The van der Waals surface area contributed by atoms with Crippen LogP contribution < -0.4 is 15.8 Å². The molecule has 2 aromatic heterocycles. The van der Waals surface area contributed by atoms with E-state index in [2.05, 4.69) is 20.3 Å². The number of imidazole rings is 1. The van der Waals surface area contributed by atoms with Crippen molar-refractivity contribution in [2.75, 3.05) is 18.9 Å². The normalized spacial score (nSPS) is 23.1. The van der Waals surface area contributed by atoms with Crippen LogP contribution in [-0.2, 0) is 9.53 Å². The lowest BCUT2D eigenvalue weighted by Crippen LogP contribution is -2.43. The first-order valence-electron chi connectivity index (χ1n) is 8.96. The van der Waals surface area contributed by atoms with E-state index < -0.39 is 30.4 Å². The number of aliphatic hydroxyl groups is 2. The van der Waals surface area contributed by atoms with Gasteiger partial charge in [-0.1, -0.05) is 18.2 Å². The number of ether oxygens (including phenoxy) is 2. The molecular weight excluding hydrogens is 396 g/mol. The van der Waals surface area contributed by atoms with E-state index in [9.17, 15) is 15.0 Å². The molecule has 0 spiro atoms. The molecule has 0 radical (unpaired) electrons. The molecule has 1 saturated heterocycles. The van der Waals surface area contributed by atoms with Gasteiger partial charge in [-0.05, 0) is 12.1 Å². The van der Waals surface area contributed by atoms with E-state index in [4.69, 9.17) is 15.2 Å². The molecule has 3 aromatic rings. The Morgan fingerprint density at radius 2 is 1.97 bits per heavy atom. The van der Waals surface area contributed by atoms with E-state index in [1.165, 1.54) is 17.2 Å². The van der Waals surface area contributed by atoms with E-state index in [0.717, 1.165) is 0 Å². The SMILES string of the molecule is Nc1ncnc2c1ncn2C1O[C@H](C(=O)NCCOc2ccccc2)[C@@H](O)[C@H]1O.O. The number of anilines is 1. The summed E-state index contributed by atoms with van der Waals surface area (Å²) in [4.78, 5) is 24.5. The van der Waals surface area contributed by atoms with Gasteiger partial charge in [0, 0.05) is 0 Å². The van der Waals surface area contributed by atoms with E-state index in [0.29, 0.717) is 16.9 Å². The molecule has 0 saturated carbocycles. The number of nitrogens with two attached hydrogens (primary N) is 1. The minimum atomic E-state index is -1.42. The van der Waals surface area contributed by atoms with Crippen molar-refractivity contribution in [1.29, 1.82) is 0 Å². The molecule has 1 unspecified atom stereocenters. The number of aliphatic hydroxyl groups excluding tert-OH is 2. The maximum Gasteiger partial charge on any atom is 0.252 e. The number of nitrogen functional groups attached to an aromatic ring is 1. The summed E-state index contributed by atoms with van der Waals surface area (Å²) >= 11 is 0. The van der Waals surface area contributed by atoms with Gasteiger partial charge in [0.05, 0.1) is 12.9 Å². The molecule has 160 valence electrons. The van der Waals surface area contributed by atoms with Crippen LogP contribution in [0.4, 0.5) is 5.82 Å². The average molecular weight is 418 g/mol. The fourth-order valence-corrected chi connectivity index (χ4v) is 3.12. The van der Waals surface area contributed by atoms with Gasteiger partial charge in [-0.3, -0.25) is 9.36 Å². The smallest absolute Gasteiger partial charge is 0.252 e. The lowest BCUT2D eigenvalue weighted by Gasteiger charge is -2.16. The molecule has 3 heterocycles. The number of carbonyl (C=O) groups excluding carboxylic acids is 1. The Labute approximate surface area is 170 Å². The largest absolute Gasteiger partial charge is 0.492 e. The Morgan fingerprint density at radius 1 is 1.20 bits per heavy atom. The summed E-state index contributed by atoms with van der Waals surface area (Å²) < 4.78 is 12.5. The Kier molecular flexibility index (Phi) is 6.42. The summed E-state index contributed by atoms with van der Waals surface area (Å²) in [6, 6.07) is 9.17. The number of fused-ring (bicyclic) bond motifs is 1. The van der Waals surface area contributed by atoms with Crippen LogP contribution in [-0.4, -0.2) is 72.6 Å². The zero-order valence-electron chi connectivity index (χ0n) is 15.8. The van der Waals surface area contributed by atoms with Crippen LogP contribution in [0.3, 0.4) is 0 Å². The number of aromatic nitrogens is 4. The van der Waals surface area contributed by atoms with Gasteiger partial charge >= 0.3 is 0 Å². The molecule has 1 fully saturated rings. The minimum absolute atomic E-state index is 0. The molecular formula is C18H22N6O6. The van der Waals surface area contributed by atoms with E-state index in [1.807, 2.05) is 18.2 Å². The highest BCUT2D eigenvalue weighted by Gasteiger charge is 2.47. The van der Waals surface area contributed by atoms with Crippen LogP contribution in [0, 0.1) is 0 Å². The quantitative estimate of drug-likeness (QED) is 0.341. The lowest BCUT2D eigenvalue weighted by atomic mass is 10.1. The van der Waals surface area contributed by atoms with Crippen LogP contribution in [0.1, 0.15) is 6.23 Å². The monoisotopic (exact) mass is 418 g/mol. The first-order chi connectivity index (χ1) is 14.1. The first kappa shape index (κ1) is 21.4. The van der Waals surface area contributed by atoms with E-state index in [-0.39, 0.29) is 24.4 Å². The Balaban J connectivity index is 0.00000256. The number of hydrogen-bond acceptors (Lipinski definition) is 9.